The van der Waals surface area contributed by atoms with Crippen LogP contribution in [0, 0.1) is 5.41 Å². The van der Waals surface area contributed by atoms with Gasteiger partial charge in [0.1, 0.15) is 6.61 Å². The summed E-state index contributed by atoms with van der Waals surface area (Å²) in [5.41, 5.74) is 3.48. The number of carbonyl (C=O) groups is 1. The highest BCUT2D eigenvalue weighted by atomic mass is 16.5. The van der Waals surface area contributed by atoms with Gasteiger partial charge in [0.25, 0.3) is 0 Å². The van der Waals surface area contributed by atoms with E-state index in [1.165, 1.54) is 50.0 Å². The molecule has 3 rings (SSSR count). The third kappa shape index (κ3) is 5.15. The number of fused-ring (bicyclic) bond motifs is 2. The summed E-state index contributed by atoms with van der Waals surface area (Å²) in [7, 11) is 0. The van der Waals surface area contributed by atoms with E-state index in [4.69, 9.17) is 4.74 Å². The monoisotopic (exact) mass is 386 g/mol. The fraction of sp³-hybridized carbons (Fsp3) is 0.708. The van der Waals surface area contributed by atoms with Crippen LogP contribution in [0.1, 0.15) is 77.0 Å². The molecule has 1 aliphatic carbocycles. The average molecular weight is 387 g/mol. The lowest BCUT2D eigenvalue weighted by molar-refractivity contribution is -0.126. The third-order valence-electron chi connectivity index (χ3n) is 6.58. The van der Waals surface area contributed by atoms with Crippen LogP contribution in [0.5, 0.6) is 0 Å². The minimum Gasteiger partial charge on any atom is -0.372 e. The highest BCUT2D eigenvalue weighted by Gasteiger charge is 2.42. The van der Waals surface area contributed by atoms with E-state index in [2.05, 4.69) is 55.3 Å². The van der Waals surface area contributed by atoms with Crippen molar-refractivity contribution in [3.05, 3.63) is 35.4 Å². The Labute approximate surface area is 171 Å². The second-order valence-corrected chi connectivity index (χ2v) is 9.82. The quantitative estimate of drug-likeness (QED) is 0.786. The molecule has 0 aromatic heterocycles. The predicted molar refractivity (Wildman–Crippen MR) is 114 cm³/mol. The van der Waals surface area contributed by atoms with Gasteiger partial charge in [-0.15, -0.1) is 0 Å². The zero-order chi connectivity index (χ0) is 20.2. The van der Waals surface area contributed by atoms with Crippen LogP contribution >= 0.6 is 0 Å². The summed E-state index contributed by atoms with van der Waals surface area (Å²) in [5.74, 6) is -0.00500. The number of rotatable bonds is 6. The highest BCUT2D eigenvalue weighted by molar-refractivity contribution is 5.77. The molecule has 156 valence electrons. The molecule has 1 aliphatic heterocycles. The van der Waals surface area contributed by atoms with Gasteiger partial charge in [-0.1, -0.05) is 45.0 Å². The van der Waals surface area contributed by atoms with Crippen molar-refractivity contribution in [3.63, 3.8) is 0 Å². The van der Waals surface area contributed by atoms with Gasteiger partial charge in [-0.25, -0.2) is 0 Å². The van der Waals surface area contributed by atoms with Crippen molar-refractivity contribution in [2.24, 2.45) is 5.41 Å². The van der Waals surface area contributed by atoms with Crippen LogP contribution in [0.4, 0.5) is 0 Å². The molecule has 0 radical (unpaired) electrons. The Bertz CT molecular complexity index is 657. The molecule has 2 aliphatic rings. The SMILES string of the molecule is CCOCC(=O)N[C@@H]1CCC2(CCN(CCC(C)(C)C)CC2)c2ccccc21. The maximum absolute atomic E-state index is 12.2. The number of amides is 1. The standard InChI is InChI=1S/C24H38N2O2/c1-5-28-18-22(27)25-21-10-11-24(20-9-7-6-8-19(20)21)13-16-26(17-14-24)15-12-23(2,3)4/h6-9,21H,5,10-18H2,1-4H3,(H,25,27)/t21-/m1/s1. The second kappa shape index (κ2) is 8.96. The minimum atomic E-state index is -0.00500. The van der Waals surface area contributed by atoms with Gasteiger partial charge in [-0.05, 0) is 80.6 Å². The van der Waals surface area contributed by atoms with Crippen LogP contribution in [0.2, 0.25) is 0 Å². The molecule has 28 heavy (non-hydrogen) atoms. The minimum absolute atomic E-state index is 0.00500. The van der Waals surface area contributed by atoms with Gasteiger partial charge >= 0.3 is 0 Å². The summed E-state index contributed by atoms with van der Waals surface area (Å²) in [4.78, 5) is 14.8. The summed E-state index contributed by atoms with van der Waals surface area (Å²) in [6.45, 7) is 13.2. The first-order chi connectivity index (χ1) is 13.3. The lowest BCUT2D eigenvalue weighted by atomic mass is 9.63. The van der Waals surface area contributed by atoms with Crippen molar-refractivity contribution >= 4 is 5.91 Å². The van der Waals surface area contributed by atoms with E-state index in [-0.39, 0.29) is 24.0 Å². The number of carbonyl (C=O) groups excluding carboxylic acids is 1. The Balaban J connectivity index is 1.67. The summed E-state index contributed by atoms with van der Waals surface area (Å²) in [6, 6.07) is 8.91. The number of nitrogens with one attached hydrogen (secondary N) is 1. The van der Waals surface area contributed by atoms with E-state index >= 15 is 0 Å². The lowest BCUT2D eigenvalue weighted by Gasteiger charge is -2.47. The summed E-state index contributed by atoms with van der Waals surface area (Å²) in [5, 5.41) is 3.20. The summed E-state index contributed by atoms with van der Waals surface area (Å²) >= 11 is 0. The van der Waals surface area contributed by atoms with E-state index in [0.717, 1.165) is 12.8 Å². The van der Waals surface area contributed by atoms with Gasteiger partial charge in [0.05, 0.1) is 6.04 Å². The van der Waals surface area contributed by atoms with E-state index in [1.807, 2.05) is 6.92 Å². The molecule has 1 heterocycles. The lowest BCUT2D eigenvalue weighted by Crippen LogP contribution is -2.47. The molecule has 4 nitrogen and oxygen atoms in total. The van der Waals surface area contributed by atoms with E-state index in [1.54, 1.807) is 0 Å². The number of likely N-dealkylation sites (tertiary alicyclic amines) is 1. The molecule has 1 aromatic carbocycles. The smallest absolute Gasteiger partial charge is 0.246 e. The van der Waals surface area contributed by atoms with Gasteiger partial charge in [0, 0.05) is 6.61 Å². The Morgan fingerprint density at radius 1 is 1.21 bits per heavy atom. The van der Waals surface area contributed by atoms with Gasteiger partial charge in [-0.3, -0.25) is 4.79 Å². The fourth-order valence-corrected chi connectivity index (χ4v) is 4.79. The molecule has 1 fully saturated rings. The Hall–Kier alpha value is -1.39. The molecule has 0 bridgehead atoms. The average Bonchev–Trinajstić information content (AvgIpc) is 2.68. The van der Waals surface area contributed by atoms with Crippen molar-refractivity contribution in [2.45, 2.75) is 71.3 Å². The van der Waals surface area contributed by atoms with Crippen LogP contribution in [0.3, 0.4) is 0 Å². The maximum atomic E-state index is 12.2. The summed E-state index contributed by atoms with van der Waals surface area (Å²) in [6.07, 6.45) is 5.90. The fourth-order valence-electron chi connectivity index (χ4n) is 4.79. The number of hydrogen-bond acceptors (Lipinski definition) is 3. The van der Waals surface area contributed by atoms with Crippen molar-refractivity contribution in [1.82, 2.24) is 10.2 Å². The molecular formula is C24H38N2O2. The molecule has 1 saturated heterocycles. The van der Waals surface area contributed by atoms with Gasteiger partial charge in [0.15, 0.2) is 0 Å². The first-order valence-corrected chi connectivity index (χ1v) is 11.0. The zero-order valence-electron chi connectivity index (χ0n) is 18.2. The van der Waals surface area contributed by atoms with Crippen molar-refractivity contribution < 1.29 is 9.53 Å². The molecule has 1 aromatic rings. The third-order valence-corrected chi connectivity index (χ3v) is 6.58. The zero-order valence-corrected chi connectivity index (χ0v) is 18.2. The molecule has 1 atom stereocenters. The number of hydrogen-bond donors (Lipinski definition) is 1. The predicted octanol–water partition coefficient (Wildman–Crippen LogP) is 4.44. The second-order valence-electron chi connectivity index (χ2n) is 9.82. The molecular weight excluding hydrogens is 348 g/mol. The Morgan fingerprint density at radius 2 is 1.93 bits per heavy atom. The molecule has 1 spiro atoms. The van der Waals surface area contributed by atoms with Crippen LogP contribution in [0.15, 0.2) is 24.3 Å². The molecule has 0 unspecified atom stereocenters. The van der Waals surface area contributed by atoms with Crippen LogP contribution in [0.25, 0.3) is 0 Å². The molecule has 0 saturated carbocycles. The Kier molecular flexibility index (Phi) is 6.82. The maximum Gasteiger partial charge on any atom is 0.246 e. The number of nitrogens with zero attached hydrogens (tertiary/aromatic N) is 1. The van der Waals surface area contributed by atoms with Crippen LogP contribution < -0.4 is 5.32 Å². The van der Waals surface area contributed by atoms with E-state index in [9.17, 15) is 4.79 Å². The number of piperidine rings is 1. The van der Waals surface area contributed by atoms with Gasteiger partial charge in [0.2, 0.25) is 5.91 Å². The van der Waals surface area contributed by atoms with E-state index < -0.39 is 0 Å². The number of ether oxygens (including phenoxy) is 1. The van der Waals surface area contributed by atoms with Gasteiger partial charge < -0.3 is 15.0 Å². The van der Waals surface area contributed by atoms with Gasteiger partial charge in [-0.2, -0.15) is 0 Å². The highest BCUT2D eigenvalue weighted by Crippen LogP contribution is 2.48. The first-order valence-electron chi connectivity index (χ1n) is 11.0. The molecule has 4 heteroatoms. The topological polar surface area (TPSA) is 41.6 Å². The number of benzene rings is 1. The van der Waals surface area contributed by atoms with Crippen molar-refractivity contribution in [3.8, 4) is 0 Å². The first kappa shape index (κ1) is 21.3. The normalized spacial score (nSPS) is 22.1. The van der Waals surface area contributed by atoms with Crippen LogP contribution in [-0.4, -0.2) is 43.7 Å². The molecule has 1 amide bonds. The van der Waals surface area contributed by atoms with Crippen LogP contribution in [-0.2, 0) is 14.9 Å². The Morgan fingerprint density at radius 3 is 2.61 bits per heavy atom. The largest absolute Gasteiger partial charge is 0.372 e. The van der Waals surface area contributed by atoms with E-state index in [0.29, 0.717) is 12.0 Å². The van der Waals surface area contributed by atoms with Crippen molar-refractivity contribution in [1.29, 1.82) is 0 Å². The molecule has 1 N–H and O–H groups in total. The summed E-state index contributed by atoms with van der Waals surface area (Å²) < 4.78 is 5.28. The van der Waals surface area contributed by atoms with Crippen molar-refractivity contribution in [2.75, 3.05) is 32.8 Å².